The predicted molar refractivity (Wildman–Crippen MR) is 103 cm³/mol. The molecule has 0 radical (unpaired) electrons. The second-order valence-electron chi connectivity index (χ2n) is 6.60. The normalized spacial score (nSPS) is 13.3. The van der Waals surface area contributed by atoms with Gasteiger partial charge in [-0.3, -0.25) is 4.79 Å². The van der Waals surface area contributed by atoms with Gasteiger partial charge in [0, 0.05) is 23.1 Å². The first-order chi connectivity index (χ1) is 13.1. The van der Waals surface area contributed by atoms with Crippen molar-refractivity contribution in [3.05, 3.63) is 53.5 Å². The highest BCUT2D eigenvalue weighted by Gasteiger charge is 2.32. The molecule has 2 heterocycles. The number of ether oxygens (including phenoxy) is 1. The molecule has 0 aliphatic carbocycles. The molecule has 0 fully saturated rings. The number of hydrogen-bond donors (Lipinski definition) is 1. The Hall–Kier alpha value is -3.15. The van der Waals surface area contributed by atoms with Gasteiger partial charge in [0.15, 0.2) is 11.6 Å². The lowest BCUT2D eigenvalue weighted by Crippen LogP contribution is -2.24. The number of pyridine rings is 1. The highest BCUT2D eigenvalue weighted by atomic mass is 19.1. The Morgan fingerprint density at radius 1 is 1.22 bits per heavy atom. The number of aromatic nitrogens is 1. The van der Waals surface area contributed by atoms with Crippen LogP contribution in [0, 0.1) is 5.82 Å². The topological polar surface area (TPSA) is 68.5 Å². The number of para-hydroxylation sites is 1. The van der Waals surface area contributed by atoms with Gasteiger partial charge in [-0.15, -0.1) is 0 Å². The number of fused-ring (bicyclic) bond motifs is 2. The van der Waals surface area contributed by atoms with Crippen LogP contribution in [0.3, 0.4) is 0 Å². The van der Waals surface area contributed by atoms with Crippen LogP contribution in [-0.4, -0.2) is 29.4 Å². The van der Waals surface area contributed by atoms with Crippen molar-refractivity contribution >= 4 is 22.5 Å². The number of hydrogen-bond acceptors (Lipinski definition) is 4. The van der Waals surface area contributed by atoms with E-state index in [-0.39, 0.29) is 11.7 Å². The maximum Gasteiger partial charge on any atom is 0.258 e. The summed E-state index contributed by atoms with van der Waals surface area (Å²) in [5, 5.41) is 0.653. The third-order valence-corrected chi connectivity index (χ3v) is 4.94. The van der Waals surface area contributed by atoms with Gasteiger partial charge in [-0.05, 0) is 12.5 Å². The minimum atomic E-state index is -0.447. The number of benzene rings is 2. The number of nitrogen functional groups attached to an aromatic ring is 1. The Morgan fingerprint density at radius 2 is 1.96 bits per heavy atom. The molecular weight excluding hydrogens is 345 g/mol. The lowest BCUT2D eigenvalue weighted by atomic mass is 9.98. The van der Waals surface area contributed by atoms with E-state index in [4.69, 9.17) is 15.5 Å². The van der Waals surface area contributed by atoms with Crippen LogP contribution >= 0.6 is 0 Å². The maximum absolute atomic E-state index is 14.8. The van der Waals surface area contributed by atoms with Crippen LogP contribution in [0.4, 0.5) is 10.1 Å². The third kappa shape index (κ3) is 2.60. The average Bonchev–Trinajstić information content (AvgIpc) is 2.98. The van der Waals surface area contributed by atoms with Gasteiger partial charge in [0.2, 0.25) is 0 Å². The van der Waals surface area contributed by atoms with Crippen molar-refractivity contribution in [2.75, 3.05) is 19.4 Å². The molecule has 0 bridgehead atoms. The molecule has 3 aromatic rings. The zero-order valence-corrected chi connectivity index (χ0v) is 15.3. The Kier molecular flexibility index (Phi) is 4.18. The molecule has 1 aliphatic heterocycles. The Balaban J connectivity index is 1.96. The van der Waals surface area contributed by atoms with Gasteiger partial charge in [0.1, 0.15) is 0 Å². The summed E-state index contributed by atoms with van der Waals surface area (Å²) in [7, 11) is 1.43. The summed E-state index contributed by atoms with van der Waals surface area (Å²) in [5.41, 5.74) is 9.48. The van der Waals surface area contributed by atoms with Gasteiger partial charge in [0.25, 0.3) is 5.91 Å². The largest absolute Gasteiger partial charge is 0.494 e. The van der Waals surface area contributed by atoms with Crippen LogP contribution < -0.4 is 10.5 Å². The van der Waals surface area contributed by atoms with Crippen LogP contribution in [-0.2, 0) is 6.54 Å². The summed E-state index contributed by atoms with van der Waals surface area (Å²) < 4.78 is 19.9. The highest BCUT2D eigenvalue weighted by Crippen LogP contribution is 2.38. The fourth-order valence-electron chi connectivity index (χ4n) is 3.67. The van der Waals surface area contributed by atoms with Crippen molar-refractivity contribution in [3.8, 4) is 16.9 Å². The van der Waals surface area contributed by atoms with Crippen molar-refractivity contribution in [1.29, 1.82) is 0 Å². The number of rotatable bonds is 4. The minimum absolute atomic E-state index is 0.0864. The second-order valence-corrected chi connectivity index (χ2v) is 6.60. The smallest absolute Gasteiger partial charge is 0.258 e. The number of carbonyl (C=O) groups excluding carboxylic acids is 1. The van der Waals surface area contributed by atoms with Crippen molar-refractivity contribution in [2.24, 2.45) is 0 Å². The summed E-state index contributed by atoms with van der Waals surface area (Å²) >= 11 is 0. The summed E-state index contributed by atoms with van der Waals surface area (Å²) in [6.45, 7) is 3.10. The molecule has 2 N–H and O–H groups in total. The molecule has 1 aliphatic rings. The van der Waals surface area contributed by atoms with Crippen LogP contribution in [0.15, 0.2) is 36.4 Å². The summed E-state index contributed by atoms with van der Waals surface area (Å²) in [5.74, 6) is -0.364. The highest BCUT2D eigenvalue weighted by molar-refractivity contribution is 6.11. The Morgan fingerprint density at radius 3 is 2.70 bits per heavy atom. The molecule has 0 atom stereocenters. The van der Waals surface area contributed by atoms with Crippen LogP contribution in [0.25, 0.3) is 22.0 Å². The summed E-state index contributed by atoms with van der Waals surface area (Å²) in [6, 6.07) is 10.4. The monoisotopic (exact) mass is 365 g/mol. The lowest BCUT2D eigenvalue weighted by molar-refractivity contribution is 0.0779. The first-order valence-corrected chi connectivity index (χ1v) is 8.90. The molecule has 0 saturated heterocycles. The van der Waals surface area contributed by atoms with Gasteiger partial charge in [-0.25, -0.2) is 9.37 Å². The van der Waals surface area contributed by atoms with Crippen LogP contribution in [0.5, 0.6) is 5.75 Å². The first kappa shape index (κ1) is 17.3. The van der Waals surface area contributed by atoms with E-state index < -0.39 is 5.82 Å². The van der Waals surface area contributed by atoms with Gasteiger partial charge in [-0.1, -0.05) is 37.3 Å². The SMILES string of the molecule is CCCN1Cc2nc3c(-c4cccc(OC)c4F)cccc3c(N)c2C1=O. The number of nitrogens with zero attached hydrogens (tertiary/aromatic N) is 2. The number of methoxy groups -OCH3 is 1. The maximum atomic E-state index is 14.8. The second kappa shape index (κ2) is 6.54. The van der Waals surface area contributed by atoms with Gasteiger partial charge in [0.05, 0.1) is 36.1 Å². The standard InChI is InChI=1S/C21H20FN3O2/c1-3-10-25-11-15-17(21(25)26)19(23)14-8-4-7-13(20(14)24-15)12-6-5-9-16(27-2)18(12)22/h4-9H,3,10-11H2,1-2H3,(H2,23,24). The molecule has 0 saturated carbocycles. The van der Waals surface area contributed by atoms with E-state index >= 15 is 0 Å². The van der Waals surface area contributed by atoms with Crippen LogP contribution in [0.1, 0.15) is 29.4 Å². The first-order valence-electron chi connectivity index (χ1n) is 8.90. The van der Waals surface area contributed by atoms with E-state index in [0.29, 0.717) is 52.1 Å². The van der Waals surface area contributed by atoms with Crippen molar-refractivity contribution < 1.29 is 13.9 Å². The van der Waals surface area contributed by atoms with Gasteiger partial charge in [-0.2, -0.15) is 0 Å². The summed E-state index contributed by atoms with van der Waals surface area (Å²) in [6.07, 6.45) is 0.861. The molecule has 5 nitrogen and oxygen atoms in total. The van der Waals surface area contributed by atoms with E-state index in [0.717, 1.165) is 6.42 Å². The van der Waals surface area contributed by atoms with Gasteiger partial charge >= 0.3 is 0 Å². The van der Waals surface area contributed by atoms with E-state index in [1.165, 1.54) is 7.11 Å². The van der Waals surface area contributed by atoms with Gasteiger partial charge < -0.3 is 15.4 Å². The molecule has 1 amide bonds. The van der Waals surface area contributed by atoms with E-state index in [9.17, 15) is 9.18 Å². The molecular formula is C21H20FN3O2. The molecule has 6 heteroatoms. The Bertz CT molecular complexity index is 1060. The van der Waals surface area contributed by atoms with E-state index in [1.54, 1.807) is 35.2 Å². The number of amides is 1. The zero-order valence-electron chi connectivity index (χ0n) is 15.3. The fourth-order valence-corrected chi connectivity index (χ4v) is 3.67. The molecule has 0 spiro atoms. The quantitative estimate of drug-likeness (QED) is 0.759. The lowest BCUT2D eigenvalue weighted by Gasteiger charge is -2.13. The predicted octanol–water partition coefficient (Wildman–Crippen LogP) is 4.00. The third-order valence-electron chi connectivity index (χ3n) is 4.94. The zero-order chi connectivity index (χ0) is 19.1. The minimum Gasteiger partial charge on any atom is -0.494 e. The number of carbonyl (C=O) groups is 1. The van der Waals surface area contributed by atoms with Crippen molar-refractivity contribution in [2.45, 2.75) is 19.9 Å². The molecule has 2 aromatic carbocycles. The molecule has 0 unspecified atom stereocenters. The fraction of sp³-hybridized carbons (Fsp3) is 0.238. The van der Waals surface area contributed by atoms with E-state index in [2.05, 4.69) is 0 Å². The Labute approximate surface area is 156 Å². The molecule has 27 heavy (non-hydrogen) atoms. The van der Waals surface area contributed by atoms with E-state index in [1.807, 2.05) is 13.0 Å². The molecule has 138 valence electrons. The number of anilines is 1. The molecule has 1 aromatic heterocycles. The number of nitrogens with two attached hydrogens (primary N) is 1. The summed E-state index contributed by atoms with van der Waals surface area (Å²) in [4.78, 5) is 19.1. The van der Waals surface area contributed by atoms with Crippen molar-refractivity contribution in [1.82, 2.24) is 9.88 Å². The van der Waals surface area contributed by atoms with Crippen LogP contribution in [0.2, 0.25) is 0 Å². The number of halogens is 1. The average molecular weight is 365 g/mol. The molecule has 4 rings (SSSR count). The van der Waals surface area contributed by atoms with Crippen molar-refractivity contribution in [3.63, 3.8) is 0 Å².